The van der Waals surface area contributed by atoms with Crippen molar-refractivity contribution in [2.75, 3.05) is 0 Å². The molecular formula is C21H19NO5S. The molecule has 4 rings (SSSR count). The summed E-state index contributed by atoms with van der Waals surface area (Å²) in [5.74, 6) is -0.136. The van der Waals surface area contributed by atoms with Crippen LogP contribution in [0.25, 0.3) is 0 Å². The van der Waals surface area contributed by atoms with Crippen LogP contribution in [0.1, 0.15) is 30.6 Å². The molecule has 2 aromatic carbocycles. The number of thioether (sulfide) groups is 1. The van der Waals surface area contributed by atoms with Crippen LogP contribution in [0.3, 0.4) is 0 Å². The van der Waals surface area contributed by atoms with E-state index in [9.17, 15) is 14.4 Å². The van der Waals surface area contributed by atoms with Crippen molar-refractivity contribution in [3.05, 3.63) is 71.8 Å². The van der Waals surface area contributed by atoms with E-state index in [2.05, 4.69) is 0 Å². The van der Waals surface area contributed by atoms with Crippen LogP contribution in [0.15, 0.2) is 60.7 Å². The van der Waals surface area contributed by atoms with Crippen LogP contribution in [0.4, 0.5) is 4.79 Å². The summed E-state index contributed by atoms with van der Waals surface area (Å²) < 4.78 is 10.1. The third-order valence-corrected chi connectivity index (χ3v) is 6.41. The molecular weight excluding hydrogens is 378 g/mol. The Kier molecular flexibility index (Phi) is 4.85. The average molecular weight is 397 g/mol. The number of benzene rings is 2. The minimum atomic E-state index is -1.01. The van der Waals surface area contributed by atoms with Gasteiger partial charge in [-0.05, 0) is 18.1 Å². The van der Waals surface area contributed by atoms with Gasteiger partial charge in [-0.2, -0.15) is 0 Å². The van der Waals surface area contributed by atoms with Crippen molar-refractivity contribution in [1.82, 2.24) is 4.90 Å². The number of hydrogen-bond acceptors (Lipinski definition) is 6. The zero-order chi connectivity index (χ0) is 19.7. The lowest BCUT2D eigenvalue weighted by Crippen LogP contribution is -2.56. The Bertz CT molecular complexity index is 851. The third kappa shape index (κ3) is 3.26. The lowest BCUT2D eigenvalue weighted by atomic mass is 10.0. The fraction of sp³-hybridized carbons (Fsp3) is 0.286. The van der Waals surface area contributed by atoms with Crippen molar-refractivity contribution in [2.24, 2.45) is 0 Å². The number of ether oxygens (including phenoxy) is 2. The largest absolute Gasteiger partial charge is 0.511 e. The van der Waals surface area contributed by atoms with Crippen molar-refractivity contribution in [3.63, 3.8) is 0 Å². The molecule has 0 saturated carbocycles. The monoisotopic (exact) mass is 397 g/mol. The number of nitrogens with zero attached hydrogens (tertiary/aromatic N) is 1. The summed E-state index contributed by atoms with van der Waals surface area (Å²) in [5.41, 5.74) is 1.59. The van der Waals surface area contributed by atoms with Crippen molar-refractivity contribution in [1.29, 1.82) is 0 Å². The molecule has 0 unspecified atom stereocenters. The molecule has 0 bridgehead atoms. The summed E-state index contributed by atoms with van der Waals surface area (Å²) in [4.78, 5) is 37.6. The predicted molar refractivity (Wildman–Crippen MR) is 103 cm³/mol. The van der Waals surface area contributed by atoms with Crippen LogP contribution in [-0.4, -0.2) is 39.6 Å². The lowest BCUT2D eigenvalue weighted by Gasteiger charge is -2.37. The van der Waals surface area contributed by atoms with Gasteiger partial charge in [-0.3, -0.25) is 9.69 Å². The first kappa shape index (κ1) is 18.6. The molecule has 2 heterocycles. The Morgan fingerprint density at radius 2 is 1.71 bits per heavy atom. The van der Waals surface area contributed by atoms with Crippen LogP contribution < -0.4 is 0 Å². The molecule has 0 N–H and O–H groups in total. The van der Waals surface area contributed by atoms with Crippen molar-refractivity contribution >= 4 is 30.1 Å². The van der Waals surface area contributed by atoms with E-state index < -0.39 is 23.2 Å². The maximum Gasteiger partial charge on any atom is 0.511 e. The van der Waals surface area contributed by atoms with Crippen molar-refractivity contribution < 1.29 is 23.9 Å². The molecule has 0 radical (unpaired) electrons. The molecule has 28 heavy (non-hydrogen) atoms. The molecule has 0 aliphatic carbocycles. The standard InChI is InChI=1S/C21H19NO5S/c1-21(13-23)19(22-16(24)12-17(22)28-21)27-20(25)26-18(14-8-4-2-5-9-14)15-10-6-3-7-11-15/h2-11,13,17-19H,12H2,1H3/t17-,19+,21+/m1/s1. The summed E-state index contributed by atoms with van der Waals surface area (Å²) >= 11 is 1.33. The van der Waals surface area contributed by atoms with Gasteiger partial charge in [0.2, 0.25) is 12.1 Å². The normalized spacial score (nSPS) is 25.8. The van der Waals surface area contributed by atoms with Gasteiger partial charge >= 0.3 is 6.16 Å². The van der Waals surface area contributed by atoms with Gasteiger partial charge in [0.05, 0.1) is 11.8 Å². The lowest BCUT2D eigenvalue weighted by molar-refractivity contribution is -0.158. The molecule has 3 atom stereocenters. The highest BCUT2D eigenvalue weighted by atomic mass is 32.2. The second kappa shape index (κ2) is 7.31. The minimum absolute atomic E-state index is 0.136. The van der Waals surface area contributed by atoms with Gasteiger partial charge in [0.1, 0.15) is 11.0 Å². The first-order valence-corrected chi connectivity index (χ1v) is 9.82. The fourth-order valence-corrected chi connectivity index (χ4v) is 4.96. The van der Waals surface area contributed by atoms with Gasteiger partial charge in [-0.15, -0.1) is 11.8 Å². The average Bonchev–Trinajstić information content (AvgIpc) is 2.94. The van der Waals surface area contributed by atoms with Gasteiger partial charge in [-0.1, -0.05) is 60.7 Å². The SMILES string of the molecule is C[C@@]1(C=O)S[C@@H]2CC(=O)N2[C@H]1OC(=O)OC(c1ccccc1)c1ccccc1. The molecule has 2 fully saturated rings. The minimum Gasteiger partial charge on any atom is -0.421 e. The molecule has 0 aromatic heterocycles. The molecule has 2 aliphatic rings. The third-order valence-electron chi connectivity index (χ3n) is 4.94. The summed E-state index contributed by atoms with van der Waals surface area (Å²) in [5, 5.41) is -0.139. The van der Waals surface area contributed by atoms with E-state index in [-0.39, 0.29) is 11.3 Å². The maximum absolute atomic E-state index is 12.6. The Labute approximate surface area is 166 Å². The number of β-lactam (4-membered cyclic amide) rings is 1. The van der Waals surface area contributed by atoms with Gasteiger partial charge in [0.15, 0.2) is 6.10 Å². The molecule has 0 spiro atoms. The fourth-order valence-electron chi connectivity index (χ4n) is 3.47. The topological polar surface area (TPSA) is 72.9 Å². The van der Waals surface area contributed by atoms with Crippen molar-refractivity contribution in [2.45, 2.75) is 35.8 Å². The molecule has 1 amide bonds. The smallest absolute Gasteiger partial charge is 0.421 e. The van der Waals surface area contributed by atoms with Crippen LogP contribution in [0, 0.1) is 0 Å². The van der Waals surface area contributed by atoms with Crippen LogP contribution in [-0.2, 0) is 19.1 Å². The van der Waals surface area contributed by atoms with E-state index in [1.807, 2.05) is 60.7 Å². The maximum atomic E-state index is 12.6. The predicted octanol–water partition coefficient (Wildman–Crippen LogP) is 3.52. The van der Waals surface area contributed by atoms with Gasteiger partial charge in [0.25, 0.3) is 0 Å². The zero-order valence-electron chi connectivity index (χ0n) is 15.2. The number of carbonyl (C=O) groups excluding carboxylic acids is 3. The first-order chi connectivity index (χ1) is 13.5. The van der Waals surface area contributed by atoms with Crippen LogP contribution in [0.5, 0.6) is 0 Å². The van der Waals surface area contributed by atoms with E-state index >= 15 is 0 Å². The van der Waals surface area contributed by atoms with E-state index in [1.54, 1.807) is 6.92 Å². The highest BCUT2D eigenvalue weighted by Crippen LogP contribution is 2.50. The summed E-state index contributed by atoms with van der Waals surface area (Å²) in [6.07, 6.45) is -1.47. The van der Waals surface area contributed by atoms with E-state index in [1.165, 1.54) is 16.7 Å². The second-order valence-corrected chi connectivity index (χ2v) is 8.58. The number of carbonyl (C=O) groups is 3. The number of fused-ring (bicyclic) bond motifs is 1. The van der Waals surface area contributed by atoms with Crippen molar-refractivity contribution in [3.8, 4) is 0 Å². The Hall–Kier alpha value is -2.80. The summed E-state index contributed by atoms with van der Waals surface area (Å²) in [6.45, 7) is 1.67. The Balaban J connectivity index is 1.55. The summed E-state index contributed by atoms with van der Waals surface area (Å²) in [7, 11) is 0. The quantitative estimate of drug-likeness (QED) is 0.437. The molecule has 2 saturated heterocycles. The number of amides is 1. The highest BCUT2D eigenvalue weighted by Gasteiger charge is 2.60. The number of aldehydes is 1. The highest BCUT2D eigenvalue weighted by molar-refractivity contribution is 8.02. The number of rotatable bonds is 5. The molecule has 7 heteroatoms. The molecule has 6 nitrogen and oxygen atoms in total. The van der Waals surface area contributed by atoms with Gasteiger partial charge in [-0.25, -0.2) is 4.79 Å². The summed E-state index contributed by atoms with van der Waals surface area (Å²) in [6, 6.07) is 18.7. The van der Waals surface area contributed by atoms with Crippen LogP contribution >= 0.6 is 11.8 Å². The van der Waals surface area contributed by atoms with E-state index in [0.717, 1.165) is 17.4 Å². The van der Waals surface area contributed by atoms with Gasteiger partial charge in [0, 0.05) is 0 Å². The zero-order valence-corrected chi connectivity index (χ0v) is 16.0. The Morgan fingerprint density at radius 3 is 2.21 bits per heavy atom. The van der Waals surface area contributed by atoms with E-state index in [4.69, 9.17) is 9.47 Å². The number of hydrogen-bond donors (Lipinski definition) is 0. The molecule has 2 aromatic rings. The first-order valence-electron chi connectivity index (χ1n) is 8.94. The van der Waals surface area contributed by atoms with E-state index in [0.29, 0.717) is 6.42 Å². The second-order valence-electron chi connectivity index (χ2n) is 6.92. The Morgan fingerprint density at radius 1 is 1.14 bits per heavy atom. The molecule has 144 valence electrons. The van der Waals surface area contributed by atoms with Gasteiger partial charge < -0.3 is 14.3 Å². The molecule has 2 aliphatic heterocycles. The van der Waals surface area contributed by atoms with Crippen LogP contribution in [0.2, 0.25) is 0 Å².